The number of carbonyl (C=O) groups excluding carboxylic acids is 1. The number of hydrogen-bond donors (Lipinski definition) is 1. The summed E-state index contributed by atoms with van der Waals surface area (Å²) in [4.78, 5) is 12.2. The molecule has 1 aliphatic heterocycles. The highest BCUT2D eigenvalue weighted by atomic mass is 79.9. The SMILES string of the molecule is CC(C)(C)C1CSC(C2=CC([NH+]=[N-])C=C(Br)C2=O)SC1. The van der Waals surface area contributed by atoms with Crippen molar-refractivity contribution in [1.29, 1.82) is 0 Å². The molecule has 0 aromatic rings. The number of ketones is 1. The highest BCUT2D eigenvalue weighted by Crippen LogP contribution is 2.45. The molecule has 1 heterocycles. The third-order valence-electron chi connectivity index (χ3n) is 3.69. The minimum Gasteiger partial charge on any atom is -0.508 e. The molecular weight excluding hydrogens is 356 g/mol. The van der Waals surface area contributed by atoms with Gasteiger partial charge in [-0.2, -0.15) is 0 Å². The zero-order chi connectivity index (χ0) is 14.9. The molecule has 1 unspecified atom stereocenters. The second kappa shape index (κ2) is 6.36. The Morgan fingerprint density at radius 3 is 2.40 bits per heavy atom. The molecule has 20 heavy (non-hydrogen) atoms. The number of thioether (sulfide) groups is 2. The van der Waals surface area contributed by atoms with Crippen molar-refractivity contribution in [2.24, 2.45) is 11.3 Å². The van der Waals surface area contributed by atoms with Crippen LogP contribution in [0.5, 0.6) is 0 Å². The lowest BCUT2D eigenvalue weighted by Crippen LogP contribution is -2.70. The molecule has 0 saturated carbocycles. The van der Waals surface area contributed by atoms with Gasteiger partial charge in [-0.05, 0) is 44.8 Å². The zero-order valence-electron chi connectivity index (χ0n) is 11.9. The third-order valence-corrected chi connectivity index (χ3v) is 7.43. The van der Waals surface area contributed by atoms with E-state index in [1.165, 1.54) is 0 Å². The van der Waals surface area contributed by atoms with Crippen molar-refractivity contribution in [2.75, 3.05) is 11.5 Å². The quantitative estimate of drug-likeness (QED) is 0.755. The molecular formula is C14H19BrN2OS2. The third kappa shape index (κ3) is 3.57. The molecule has 0 amide bonds. The van der Waals surface area contributed by atoms with Crippen molar-refractivity contribution in [2.45, 2.75) is 31.4 Å². The van der Waals surface area contributed by atoms with Gasteiger partial charge in [0.25, 0.3) is 0 Å². The van der Waals surface area contributed by atoms with E-state index in [2.05, 4.69) is 41.8 Å². The molecule has 3 nitrogen and oxygen atoms in total. The predicted molar refractivity (Wildman–Crippen MR) is 89.9 cm³/mol. The van der Waals surface area contributed by atoms with Gasteiger partial charge in [0.1, 0.15) is 0 Å². The lowest BCUT2D eigenvalue weighted by molar-refractivity contribution is -0.498. The minimum atomic E-state index is -0.293. The second-order valence-corrected chi connectivity index (χ2v) is 9.61. The molecule has 1 saturated heterocycles. The summed E-state index contributed by atoms with van der Waals surface area (Å²) >= 11 is 6.97. The van der Waals surface area contributed by atoms with Gasteiger partial charge < -0.3 is 10.6 Å². The van der Waals surface area contributed by atoms with Crippen molar-refractivity contribution >= 4 is 45.2 Å². The van der Waals surface area contributed by atoms with Crippen LogP contribution >= 0.6 is 39.5 Å². The summed E-state index contributed by atoms with van der Waals surface area (Å²) in [6.45, 7) is 6.82. The van der Waals surface area contributed by atoms with Crippen molar-refractivity contribution in [3.05, 3.63) is 27.7 Å². The molecule has 1 atom stereocenters. The summed E-state index contributed by atoms with van der Waals surface area (Å²) < 4.78 is 0.693. The van der Waals surface area contributed by atoms with Crippen molar-refractivity contribution in [1.82, 2.24) is 0 Å². The van der Waals surface area contributed by atoms with Crippen molar-refractivity contribution in [3.63, 3.8) is 0 Å². The van der Waals surface area contributed by atoms with E-state index < -0.39 is 0 Å². The predicted octanol–water partition coefficient (Wildman–Crippen LogP) is 2.71. The Morgan fingerprint density at radius 1 is 1.30 bits per heavy atom. The van der Waals surface area contributed by atoms with Crippen LogP contribution in [0.4, 0.5) is 0 Å². The number of Topliss-reactive ketones (excluding diaryl/α,β-unsaturated/α-hetero) is 1. The second-order valence-electron chi connectivity index (χ2n) is 6.18. The fraction of sp³-hybridized carbons (Fsp3) is 0.643. The number of nitrogens with zero attached hydrogens (tertiary/aromatic N) is 1. The molecule has 2 aliphatic rings. The molecule has 1 fully saturated rings. The van der Waals surface area contributed by atoms with Crippen LogP contribution in [0, 0.1) is 11.3 Å². The van der Waals surface area contributed by atoms with Crippen LogP contribution in [-0.2, 0) is 4.79 Å². The van der Waals surface area contributed by atoms with Crippen LogP contribution in [0.2, 0.25) is 0 Å². The molecule has 0 bridgehead atoms. The van der Waals surface area contributed by atoms with Gasteiger partial charge in [0.2, 0.25) is 0 Å². The number of allylic oxidation sites excluding steroid dienone is 1. The normalized spacial score (nSPS) is 31.6. The molecule has 110 valence electrons. The first-order chi connectivity index (χ1) is 9.32. The summed E-state index contributed by atoms with van der Waals surface area (Å²) in [5.41, 5.74) is 10.2. The van der Waals surface area contributed by atoms with E-state index >= 15 is 0 Å². The van der Waals surface area contributed by atoms with Crippen LogP contribution in [0.15, 0.2) is 22.2 Å². The van der Waals surface area contributed by atoms with Gasteiger partial charge in [0, 0.05) is 11.6 Å². The summed E-state index contributed by atoms with van der Waals surface area (Å²) in [6.07, 6.45) is 3.51. The number of carbonyl (C=O) groups is 1. The lowest BCUT2D eigenvalue weighted by Gasteiger charge is -2.37. The van der Waals surface area contributed by atoms with E-state index in [9.17, 15) is 4.79 Å². The van der Waals surface area contributed by atoms with E-state index in [1.807, 2.05) is 29.6 Å². The number of rotatable bonds is 2. The largest absolute Gasteiger partial charge is 0.508 e. The molecule has 6 heteroatoms. The molecule has 0 aromatic carbocycles. The Balaban J connectivity index is 2.08. The maximum Gasteiger partial charge on any atom is 0.197 e. The topological polar surface area (TPSA) is 53.3 Å². The smallest absolute Gasteiger partial charge is 0.197 e. The monoisotopic (exact) mass is 374 g/mol. The number of hydrogen-bond acceptors (Lipinski definition) is 3. The maximum atomic E-state index is 12.2. The van der Waals surface area contributed by atoms with Crippen LogP contribution < -0.4 is 5.11 Å². The zero-order valence-corrected chi connectivity index (χ0v) is 15.1. The summed E-state index contributed by atoms with van der Waals surface area (Å²) in [5.74, 6) is 2.85. The average Bonchev–Trinajstić information content (AvgIpc) is 2.41. The first-order valence-electron chi connectivity index (χ1n) is 6.59. The first-order valence-corrected chi connectivity index (χ1v) is 9.48. The molecule has 1 N–H and O–H groups in total. The Bertz CT molecular complexity index is 474. The lowest BCUT2D eigenvalue weighted by atomic mass is 9.83. The summed E-state index contributed by atoms with van der Waals surface area (Å²) in [6, 6.07) is -0.293. The van der Waals surface area contributed by atoms with Crippen LogP contribution in [-0.4, -0.2) is 27.9 Å². The van der Waals surface area contributed by atoms with Gasteiger partial charge in [-0.25, -0.2) is 0 Å². The van der Waals surface area contributed by atoms with Gasteiger partial charge in [-0.1, -0.05) is 20.8 Å². The van der Waals surface area contributed by atoms with Gasteiger partial charge >= 0.3 is 0 Å². The van der Waals surface area contributed by atoms with E-state index in [-0.39, 0.29) is 16.4 Å². The van der Waals surface area contributed by atoms with E-state index in [1.54, 1.807) is 6.08 Å². The molecule has 0 radical (unpaired) electrons. The molecule has 0 aromatic heterocycles. The Labute approximate surface area is 137 Å². The number of nitrogens with one attached hydrogen (secondary N) is 1. The Hall–Kier alpha value is -0.0700. The Morgan fingerprint density at radius 2 is 1.90 bits per heavy atom. The van der Waals surface area contributed by atoms with Gasteiger partial charge in [0.05, 0.1) is 9.06 Å². The summed E-state index contributed by atoms with van der Waals surface area (Å²) in [5, 5.41) is 2.20. The van der Waals surface area contributed by atoms with E-state index in [0.717, 1.165) is 17.1 Å². The standard InChI is InChI=1S/C14H19BrN2OS2/c1-14(2,3)8-6-19-13(20-7-8)10-4-9(17-16)5-11(15)12(10)18/h4-5,8-9,13,17H,6-7H2,1-3H3. The fourth-order valence-corrected chi connectivity index (χ4v) is 6.43. The average molecular weight is 375 g/mol. The fourth-order valence-electron chi connectivity index (χ4n) is 2.13. The maximum absolute atomic E-state index is 12.2. The first kappa shape index (κ1) is 16.3. The molecule has 0 spiro atoms. The Kier molecular flexibility index (Phi) is 5.19. The van der Waals surface area contributed by atoms with Gasteiger partial charge in [-0.15, -0.1) is 23.5 Å². The van der Waals surface area contributed by atoms with Crippen LogP contribution in [0.25, 0.3) is 5.53 Å². The van der Waals surface area contributed by atoms with Crippen LogP contribution in [0.3, 0.4) is 0 Å². The highest BCUT2D eigenvalue weighted by molar-refractivity contribution is 9.12. The van der Waals surface area contributed by atoms with Crippen molar-refractivity contribution < 1.29 is 9.91 Å². The van der Waals surface area contributed by atoms with Gasteiger partial charge in [0.15, 0.2) is 11.8 Å². The number of halogens is 1. The van der Waals surface area contributed by atoms with E-state index in [4.69, 9.17) is 5.53 Å². The van der Waals surface area contributed by atoms with Crippen molar-refractivity contribution in [3.8, 4) is 0 Å². The minimum absolute atomic E-state index is 0.0377. The highest BCUT2D eigenvalue weighted by Gasteiger charge is 2.35. The molecule has 2 rings (SSSR count). The van der Waals surface area contributed by atoms with Gasteiger partial charge in [-0.3, -0.25) is 4.79 Å². The summed E-state index contributed by atoms with van der Waals surface area (Å²) in [7, 11) is 0. The van der Waals surface area contributed by atoms with Crippen LogP contribution in [0.1, 0.15) is 20.8 Å². The van der Waals surface area contributed by atoms with E-state index in [0.29, 0.717) is 15.8 Å². The molecule has 1 aliphatic carbocycles.